The van der Waals surface area contributed by atoms with Crippen LogP contribution in [0.4, 0.5) is 5.00 Å². The summed E-state index contributed by atoms with van der Waals surface area (Å²) in [5.41, 5.74) is 1.56. The van der Waals surface area contributed by atoms with Gasteiger partial charge in [-0.05, 0) is 35.9 Å². The van der Waals surface area contributed by atoms with Crippen LogP contribution in [0.2, 0.25) is 0 Å². The van der Waals surface area contributed by atoms with Crippen molar-refractivity contribution in [1.82, 2.24) is 0 Å². The summed E-state index contributed by atoms with van der Waals surface area (Å²) in [4.78, 5) is 11.2. The highest BCUT2D eigenvalue weighted by molar-refractivity contribution is 7.15. The SMILES string of the molecule is COc1cc(/C=C\c2ccc(OC)c3c2OC(c2ccc([N+](=O)[O-])s2)O3)cc(OC)c1OC. The van der Waals surface area contributed by atoms with Crippen LogP contribution in [0.15, 0.2) is 36.4 Å². The molecule has 1 aliphatic rings. The molecule has 0 amide bonds. The lowest BCUT2D eigenvalue weighted by Gasteiger charge is -2.13. The molecule has 9 nitrogen and oxygen atoms in total. The molecule has 1 aliphatic heterocycles. The summed E-state index contributed by atoms with van der Waals surface area (Å²) < 4.78 is 33.6. The number of rotatable bonds is 8. The van der Waals surface area contributed by atoms with E-state index < -0.39 is 11.2 Å². The summed E-state index contributed by atoms with van der Waals surface area (Å²) in [7, 11) is 6.20. The zero-order valence-electron chi connectivity index (χ0n) is 18.3. The van der Waals surface area contributed by atoms with E-state index in [1.807, 2.05) is 30.4 Å². The Hall–Kier alpha value is -3.92. The predicted octanol–water partition coefficient (Wildman–Crippen LogP) is 5.33. The number of hydrogen-bond acceptors (Lipinski definition) is 9. The second kappa shape index (κ2) is 9.29. The molecular formula is C23H21NO8S. The lowest BCUT2D eigenvalue weighted by molar-refractivity contribution is -0.380. The minimum atomic E-state index is -0.802. The Morgan fingerprint density at radius 2 is 1.55 bits per heavy atom. The van der Waals surface area contributed by atoms with Crippen molar-refractivity contribution in [3.63, 3.8) is 0 Å². The molecule has 1 unspecified atom stereocenters. The summed E-state index contributed by atoms with van der Waals surface area (Å²) in [6.07, 6.45) is 2.93. The fourth-order valence-corrected chi connectivity index (χ4v) is 4.17. The van der Waals surface area contributed by atoms with Gasteiger partial charge in [0.25, 0.3) is 6.29 Å². The third-order valence-electron chi connectivity index (χ3n) is 4.94. The number of thiophene rings is 1. The molecule has 1 aromatic heterocycles. The van der Waals surface area contributed by atoms with Gasteiger partial charge in [0.05, 0.1) is 38.2 Å². The van der Waals surface area contributed by atoms with Crippen LogP contribution in [0.3, 0.4) is 0 Å². The van der Waals surface area contributed by atoms with E-state index in [2.05, 4.69) is 0 Å². The van der Waals surface area contributed by atoms with Gasteiger partial charge in [-0.25, -0.2) is 0 Å². The topological polar surface area (TPSA) is 98.5 Å². The molecule has 0 spiro atoms. The zero-order chi connectivity index (χ0) is 23.5. The third kappa shape index (κ3) is 4.24. The van der Waals surface area contributed by atoms with E-state index in [1.54, 1.807) is 33.5 Å². The monoisotopic (exact) mass is 471 g/mol. The van der Waals surface area contributed by atoms with E-state index in [9.17, 15) is 10.1 Å². The zero-order valence-corrected chi connectivity index (χ0v) is 19.1. The maximum absolute atomic E-state index is 11.0. The van der Waals surface area contributed by atoms with E-state index in [0.29, 0.717) is 39.4 Å². The molecular weight excluding hydrogens is 450 g/mol. The molecule has 0 bridgehead atoms. The molecule has 0 aliphatic carbocycles. The van der Waals surface area contributed by atoms with Crippen LogP contribution in [0.1, 0.15) is 22.3 Å². The largest absolute Gasteiger partial charge is 0.493 e. The molecule has 0 N–H and O–H groups in total. The Balaban J connectivity index is 1.67. The number of ether oxygens (including phenoxy) is 6. The van der Waals surface area contributed by atoms with Crippen molar-refractivity contribution in [2.75, 3.05) is 28.4 Å². The molecule has 10 heteroatoms. The van der Waals surface area contributed by atoms with Crippen LogP contribution in [0, 0.1) is 10.1 Å². The lowest BCUT2D eigenvalue weighted by Crippen LogP contribution is -2.05. The van der Waals surface area contributed by atoms with E-state index in [-0.39, 0.29) is 5.00 Å². The highest BCUT2D eigenvalue weighted by Gasteiger charge is 2.33. The van der Waals surface area contributed by atoms with Crippen LogP contribution >= 0.6 is 11.3 Å². The molecule has 2 aromatic carbocycles. The predicted molar refractivity (Wildman–Crippen MR) is 123 cm³/mol. The Bertz CT molecular complexity index is 1190. The minimum Gasteiger partial charge on any atom is -0.493 e. The molecule has 33 heavy (non-hydrogen) atoms. The first-order chi connectivity index (χ1) is 16.0. The van der Waals surface area contributed by atoms with Gasteiger partial charge in [-0.1, -0.05) is 23.5 Å². The first-order valence-electron chi connectivity index (χ1n) is 9.75. The number of fused-ring (bicyclic) bond motifs is 1. The maximum Gasteiger partial charge on any atom is 0.324 e. The number of hydrogen-bond donors (Lipinski definition) is 0. The van der Waals surface area contributed by atoms with Gasteiger partial charge in [-0.3, -0.25) is 10.1 Å². The highest BCUT2D eigenvalue weighted by Crippen LogP contribution is 2.50. The Labute approximate surface area is 193 Å². The van der Waals surface area contributed by atoms with Crippen LogP contribution in [0.5, 0.6) is 34.5 Å². The van der Waals surface area contributed by atoms with Gasteiger partial charge >= 0.3 is 5.00 Å². The standard InChI is InChI=1S/C23H21NO8S/c1-27-15-8-7-14(6-5-13-11-16(28-2)21(30-4)17(12-13)29-3)20-22(15)32-23(31-20)18-9-10-19(33-18)24(25)26/h5-12,23H,1-4H3/b6-5-. The van der Waals surface area contributed by atoms with Crippen LogP contribution in [-0.4, -0.2) is 33.4 Å². The quantitative estimate of drug-likeness (QED) is 0.247. The van der Waals surface area contributed by atoms with Crippen molar-refractivity contribution in [2.45, 2.75) is 6.29 Å². The van der Waals surface area contributed by atoms with Crippen LogP contribution < -0.4 is 28.4 Å². The third-order valence-corrected chi connectivity index (χ3v) is 6.00. The summed E-state index contributed by atoms with van der Waals surface area (Å²) in [6, 6.07) is 10.3. The Morgan fingerprint density at radius 3 is 2.12 bits per heavy atom. The van der Waals surface area contributed by atoms with Gasteiger partial charge in [0, 0.05) is 11.6 Å². The van der Waals surface area contributed by atoms with Crippen molar-refractivity contribution in [2.24, 2.45) is 0 Å². The van der Waals surface area contributed by atoms with Crippen LogP contribution in [-0.2, 0) is 0 Å². The van der Waals surface area contributed by atoms with Crippen molar-refractivity contribution in [1.29, 1.82) is 0 Å². The molecule has 2 heterocycles. The molecule has 1 atom stereocenters. The minimum absolute atomic E-state index is 0.0163. The summed E-state index contributed by atoms with van der Waals surface area (Å²) in [6.45, 7) is 0. The molecule has 0 radical (unpaired) electrons. The smallest absolute Gasteiger partial charge is 0.324 e. The number of nitrogens with zero attached hydrogens (tertiary/aromatic N) is 1. The maximum atomic E-state index is 11.0. The van der Waals surface area contributed by atoms with Gasteiger partial charge in [0.15, 0.2) is 23.0 Å². The van der Waals surface area contributed by atoms with E-state index >= 15 is 0 Å². The molecule has 172 valence electrons. The fraction of sp³-hybridized carbons (Fsp3) is 0.217. The van der Waals surface area contributed by atoms with Gasteiger partial charge in [-0.2, -0.15) is 0 Å². The fourth-order valence-electron chi connectivity index (χ4n) is 3.39. The normalized spacial score (nSPS) is 14.4. The van der Waals surface area contributed by atoms with E-state index in [0.717, 1.165) is 22.5 Å². The van der Waals surface area contributed by atoms with Crippen molar-refractivity contribution >= 4 is 28.5 Å². The van der Waals surface area contributed by atoms with Gasteiger partial charge in [-0.15, -0.1) is 0 Å². The van der Waals surface area contributed by atoms with E-state index in [4.69, 9.17) is 28.4 Å². The lowest BCUT2D eigenvalue weighted by atomic mass is 10.1. The summed E-state index contributed by atoms with van der Waals surface area (Å²) >= 11 is 1.00. The van der Waals surface area contributed by atoms with Crippen molar-refractivity contribution in [3.8, 4) is 34.5 Å². The summed E-state index contributed by atoms with van der Waals surface area (Å²) in [5, 5.41) is 11.0. The van der Waals surface area contributed by atoms with Gasteiger partial charge in [0.2, 0.25) is 11.5 Å². The van der Waals surface area contributed by atoms with Crippen molar-refractivity contribution in [3.05, 3.63) is 62.5 Å². The van der Waals surface area contributed by atoms with Gasteiger partial charge < -0.3 is 28.4 Å². The molecule has 0 saturated carbocycles. The summed E-state index contributed by atoms with van der Waals surface area (Å²) in [5.74, 6) is 3.01. The molecule has 0 saturated heterocycles. The average molecular weight is 471 g/mol. The Kier molecular flexibility index (Phi) is 6.27. The number of methoxy groups -OCH3 is 4. The highest BCUT2D eigenvalue weighted by atomic mass is 32.1. The van der Waals surface area contributed by atoms with Crippen LogP contribution in [0.25, 0.3) is 12.2 Å². The number of nitro groups is 1. The first kappa shape index (κ1) is 22.3. The Morgan fingerprint density at radius 1 is 0.879 bits per heavy atom. The molecule has 4 rings (SSSR count). The molecule has 0 fully saturated rings. The van der Waals surface area contributed by atoms with E-state index in [1.165, 1.54) is 13.2 Å². The molecule has 3 aromatic rings. The first-order valence-corrected chi connectivity index (χ1v) is 10.6. The van der Waals surface area contributed by atoms with Gasteiger partial charge in [0.1, 0.15) is 0 Å². The van der Waals surface area contributed by atoms with Crippen molar-refractivity contribution < 1.29 is 33.3 Å². The average Bonchev–Trinajstić information content (AvgIpc) is 3.49. The second-order valence-electron chi connectivity index (χ2n) is 6.81. The number of benzene rings is 2. The second-order valence-corrected chi connectivity index (χ2v) is 7.90.